The molecule has 0 saturated carbocycles. The van der Waals surface area contributed by atoms with Crippen molar-refractivity contribution < 1.29 is 9.13 Å². The second-order valence-electron chi connectivity index (χ2n) is 4.64. The van der Waals surface area contributed by atoms with Crippen molar-refractivity contribution in [2.45, 2.75) is 25.9 Å². The summed E-state index contributed by atoms with van der Waals surface area (Å²) in [5, 5.41) is 0.733. The van der Waals surface area contributed by atoms with E-state index in [-0.39, 0.29) is 5.82 Å². The summed E-state index contributed by atoms with van der Waals surface area (Å²) in [5.74, 6) is 0.289. The molecular formula is C15H13ClFNO. The van der Waals surface area contributed by atoms with Crippen molar-refractivity contribution in [3.63, 3.8) is 0 Å². The Kier molecular flexibility index (Phi) is 3.38. The highest BCUT2D eigenvalue weighted by molar-refractivity contribution is 6.31. The zero-order chi connectivity index (χ0) is 13.2. The smallest absolute Gasteiger partial charge is 0.215 e. The number of halogens is 2. The van der Waals surface area contributed by atoms with Crippen LogP contribution in [0.2, 0.25) is 5.02 Å². The topological polar surface area (TPSA) is 22.1 Å². The van der Waals surface area contributed by atoms with Gasteiger partial charge in [0.2, 0.25) is 5.88 Å². The zero-order valence-electron chi connectivity index (χ0n) is 10.3. The fourth-order valence-electron chi connectivity index (χ4n) is 2.28. The number of pyridine rings is 1. The summed E-state index contributed by atoms with van der Waals surface area (Å²) in [4.78, 5) is 4.47. The molecule has 0 unspecified atom stereocenters. The maximum absolute atomic E-state index is 12.8. The van der Waals surface area contributed by atoms with Crippen LogP contribution in [0, 0.1) is 5.82 Å². The van der Waals surface area contributed by atoms with E-state index < -0.39 is 0 Å². The van der Waals surface area contributed by atoms with Gasteiger partial charge in [0.15, 0.2) is 0 Å². The molecule has 0 radical (unpaired) electrons. The van der Waals surface area contributed by atoms with Crippen molar-refractivity contribution in [2.24, 2.45) is 0 Å². The van der Waals surface area contributed by atoms with Crippen LogP contribution in [0.25, 0.3) is 0 Å². The molecule has 2 aromatic rings. The molecule has 4 heteroatoms. The van der Waals surface area contributed by atoms with Gasteiger partial charge in [-0.3, -0.25) is 0 Å². The van der Waals surface area contributed by atoms with Gasteiger partial charge in [-0.15, -0.1) is 0 Å². The minimum atomic E-state index is -0.248. The molecule has 0 bridgehead atoms. The standard InChI is InChI=1S/C15H13ClFNO/c16-13-8-15(18-14-3-1-2-12(13)14)19-9-10-4-6-11(17)7-5-10/h4-8H,1-3,9H2. The monoisotopic (exact) mass is 277 g/mol. The first-order valence-corrected chi connectivity index (χ1v) is 6.66. The van der Waals surface area contributed by atoms with Gasteiger partial charge in [-0.2, -0.15) is 0 Å². The maximum atomic E-state index is 12.8. The van der Waals surface area contributed by atoms with Crippen molar-refractivity contribution in [3.05, 3.63) is 58.0 Å². The van der Waals surface area contributed by atoms with Gasteiger partial charge in [-0.05, 0) is 42.5 Å². The van der Waals surface area contributed by atoms with Crippen LogP contribution in [0.4, 0.5) is 4.39 Å². The molecule has 98 valence electrons. The minimum Gasteiger partial charge on any atom is -0.473 e. The Bertz CT molecular complexity index is 598. The van der Waals surface area contributed by atoms with Gasteiger partial charge in [-0.1, -0.05) is 23.7 Å². The predicted molar refractivity (Wildman–Crippen MR) is 72.0 cm³/mol. The van der Waals surface area contributed by atoms with Crippen molar-refractivity contribution >= 4 is 11.6 Å². The third-order valence-corrected chi connectivity index (χ3v) is 3.61. The van der Waals surface area contributed by atoms with Gasteiger partial charge in [0, 0.05) is 11.8 Å². The van der Waals surface area contributed by atoms with E-state index in [2.05, 4.69) is 4.98 Å². The Hall–Kier alpha value is -1.61. The Morgan fingerprint density at radius 2 is 2.00 bits per heavy atom. The van der Waals surface area contributed by atoms with E-state index in [0.29, 0.717) is 12.5 Å². The zero-order valence-corrected chi connectivity index (χ0v) is 11.1. The van der Waals surface area contributed by atoms with Gasteiger partial charge < -0.3 is 4.74 Å². The number of aryl methyl sites for hydroxylation is 1. The van der Waals surface area contributed by atoms with E-state index in [1.807, 2.05) is 0 Å². The Morgan fingerprint density at radius 3 is 2.79 bits per heavy atom. The first kappa shape index (κ1) is 12.4. The number of rotatable bonds is 3. The molecule has 1 aromatic carbocycles. The van der Waals surface area contributed by atoms with E-state index in [1.165, 1.54) is 12.1 Å². The number of nitrogens with zero attached hydrogens (tertiary/aromatic N) is 1. The van der Waals surface area contributed by atoms with E-state index in [4.69, 9.17) is 16.3 Å². The highest BCUT2D eigenvalue weighted by atomic mass is 35.5. The van der Waals surface area contributed by atoms with Crippen LogP contribution in [-0.4, -0.2) is 4.98 Å². The average Bonchev–Trinajstić information content (AvgIpc) is 2.87. The summed E-state index contributed by atoms with van der Waals surface area (Å²) in [5.41, 5.74) is 3.09. The molecule has 0 amide bonds. The van der Waals surface area contributed by atoms with Crippen LogP contribution in [0.15, 0.2) is 30.3 Å². The minimum absolute atomic E-state index is 0.248. The lowest BCUT2D eigenvalue weighted by atomic mass is 10.2. The first-order valence-electron chi connectivity index (χ1n) is 6.28. The third kappa shape index (κ3) is 2.71. The molecule has 2 nitrogen and oxygen atoms in total. The molecule has 3 rings (SSSR count). The second kappa shape index (κ2) is 5.17. The maximum Gasteiger partial charge on any atom is 0.215 e. The summed E-state index contributed by atoms with van der Waals surface area (Å²) in [6.07, 6.45) is 3.06. The van der Waals surface area contributed by atoms with Crippen LogP contribution in [-0.2, 0) is 19.4 Å². The number of hydrogen-bond acceptors (Lipinski definition) is 2. The van der Waals surface area contributed by atoms with Crippen LogP contribution in [0.3, 0.4) is 0 Å². The second-order valence-corrected chi connectivity index (χ2v) is 5.04. The lowest BCUT2D eigenvalue weighted by Gasteiger charge is -2.08. The van der Waals surface area contributed by atoms with Gasteiger partial charge in [0.25, 0.3) is 0 Å². The van der Waals surface area contributed by atoms with E-state index >= 15 is 0 Å². The van der Waals surface area contributed by atoms with Crippen molar-refractivity contribution in [1.82, 2.24) is 4.98 Å². The van der Waals surface area contributed by atoms with E-state index in [1.54, 1.807) is 18.2 Å². The number of aromatic nitrogens is 1. The average molecular weight is 278 g/mol. The largest absolute Gasteiger partial charge is 0.473 e. The molecule has 1 aliphatic rings. The lowest BCUT2D eigenvalue weighted by molar-refractivity contribution is 0.293. The molecule has 1 heterocycles. The predicted octanol–water partition coefficient (Wildman–Crippen LogP) is 3.94. The first-order chi connectivity index (χ1) is 9.22. The molecule has 0 fully saturated rings. The van der Waals surface area contributed by atoms with Crippen LogP contribution >= 0.6 is 11.6 Å². The Morgan fingerprint density at radius 1 is 1.21 bits per heavy atom. The fraction of sp³-hybridized carbons (Fsp3) is 0.267. The highest BCUT2D eigenvalue weighted by Crippen LogP contribution is 2.30. The van der Waals surface area contributed by atoms with Crippen LogP contribution < -0.4 is 4.74 Å². The summed E-state index contributed by atoms with van der Waals surface area (Å²) in [7, 11) is 0. The molecule has 0 atom stereocenters. The molecule has 1 aromatic heterocycles. The van der Waals surface area contributed by atoms with E-state index in [9.17, 15) is 4.39 Å². The quantitative estimate of drug-likeness (QED) is 0.848. The summed E-state index contributed by atoms with van der Waals surface area (Å²) in [6, 6.07) is 7.99. The van der Waals surface area contributed by atoms with Crippen LogP contribution in [0.1, 0.15) is 23.2 Å². The molecule has 1 aliphatic carbocycles. The van der Waals surface area contributed by atoms with Gasteiger partial charge in [0.1, 0.15) is 12.4 Å². The number of ether oxygens (including phenoxy) is 1. The lowest BCUT2D eigenvalue weighted by Crippen LogP contribution is -2.00. The van der Waals surface area contributed by atoms with Crippen molar-refractivity contribution in [3.8, 4) is 5.88 Å². The highest BCUT2D eigenvalue weighted by Gasteiger charge is 2.17. The number of hydrogen-bond donors (Lipinski definition) is 0. The van der Waals surface area contributed by atoms with E-state index in [0.717, 1.165) is 41.1 Å². The number of benzene rings is 1. The van der Waals surface area contributed by atoms with Gasteiger partial charge in [-0.25, -0.2) is 9.37 Å². The summed E-state index contributed by atoms with van der Waals surface area (Å²) >= 11 is 6.21. The molecular weight excluding hydrogens is 265 g/mol. The Labute approximate surface area is 116 Å². The third-order valence-electron chi connectivity index (χ3n) is 3.27. The molecule has 19 heavy (non-hydrogen) atoms. The molecule has 0 saturated heterocycles. The number of fused-ring (bicyclic) bond motifs is 1. The summed E-state index contributed by atoms with van der Waals surface area (Å²) in [6.45, 7) is 0.363. The van der Waals surface area contributed by atoms with Crippen molar-refractivity contribution in [1.29, 1.82) is 0 Å². The van der Waals surface area contributed by atoms with Gasteiger partial charge in [0.05, 0.1) is 5.02 Å². The fourth-order valence-corrected chi connectivity index (χ4v) is 2.58. The molecule has 0 N–H and O–H groups in total. The summed E-state index contributed by atoms with van der Waals surface area (Å²) < 4.78 is 18.4. The molecule has 0 spiro atoms. The SMILES string of the molecule is Fc1ccc(COc2cc(Cl)c3c(n2)CCC3)cc1. The Balaban J connectivity index is 1.73. The van der Waals surface area contributed by atoms with Crippen molar-refractivity contribution in [2.75, 3.05) is 0 Å². The van der Waals surface area contributed by atoms with Crippen LogP contribution in [0.5, 0.6) is 5.88 Å². The normalized spacial score (nSPS) is 13.4. The van der Waals surface area contributed by atoms with Gasteiger partial charge >= 0.3 is 0 Å². The molecule has 0 aliphatic heterocycles.